The molecule has 1 aliphatic carbocycles. The molecule has 1 saturated carbocycles. The van der Waals surface area contributed by atoms with Crippen LogP contribution in [-0.2, 0) is 11.3 Å². The van der Waals surface area contributed by atoms with Gasteiger partial charge in [-0.1, -0.05) is 33.6 Å². The van der Waals surface area contributed by atoms with Crippen molar-refractivity contribution in [3.63, 3.8) is 0 Å². The highest BCUT2D eigenvalue weighted by Gasteiger charge is 2.50. The van der Waals surface area contributed by atoms with E-state index < -0.39 is 17.4 Å². The Morgan fingerprint density at radius 2 is 2.15 bits per heavy atom. The highest BCUT2D eigenvalue weighted by molar-refractivity contribution is 7.15. The van der Waals surface area contributed by atoms with Gasteiger partial charge in [0.2, 0.25) is 5.88 Å². The zero-order valence-corrected chi connectivity index (χ0v) is 21.3. The van der Waals surface area contributed by atoms with E-state index in [1.807, 2.05) is 6.92 Å². The second kappa shape index (κ2) is 9.38. The number of piperidine rings is 1. The predicted octanol–water partition coefficient (Wildman–Crippen LogP) is 6.07. The van der Waals surface area contributed by atoms with Crippen LogP contribution in [0.1, 0.15) is 57.0 Å². The molecule has 0 spiro atoms. The molecule has 0 aromatic carbocycles. The molecule has 6 nitrogen and oxygen atoms in total. The molecule has 2 aliphatic rings. The third-order valence-electron chi connectivity index (χ3n) is 7.17. The van der Waals surface area contributed by atoms with Crippen LogP contribution in [0.15, 0.2) is 30.9 Å². The highest BCUT2D eigenvalue weighted by Crippen LogP contribution is 2.49. The Kier molecular flexibility index (Phi) is 6.84. The summed E-state index contributed by atoms with van der Waals surface area (Å²) in [6.07, 6.45) is 5.33. The first kappa shape index (κ1) is 24.8. The number of halogens is 1. The Morgan fingerprint density at radius 1 is 1.41 bits per heavy atom. The van der Waals surface area contributed by atoms with Gasteiger partial charge in [-0.3, -0.25) is 9.69 Å². The summed E-state index contributed by atoms with van der Waals surface area (Å²) in [4.78, 5) is 24.8. The summed E-state index contributed by atoms with van der Waals surface area (Å²) in [6, 6.07) is 2.64. The summed E-state index contributed by atoms with van der Waals surface area (Å²) < 4.78 is 18.4. The Hall–Kier alpha value is -2.32. The van der Waals surface area contributed by atoms with Crippen molar-refractivity contribution in [2.75, 3.05) is 13.1 Å². The SMILES string of the molecule is C=C(F)Oc1ncccc1-c1nc(C)c(CN2CC(C(C)(C)C)C[C@@](CC3CC3)(C(=O)O)C2)s1. The number of nitrogens with zero attached hydrogens (tertiary/aromatic N) is 3. The number of rotatable bonds is 8. The van der Waals surface area contributed by atoms with Crippen LogP contribution in [0, 0.1) is 29.6 Å². The van der Waals surface area contributed by atoms with Crippen molar-refractivity contribution in [3.05, 3.63) is 41.5 Å². The van der Waals surface area contributed by atoms with Gasteiger partial charge in [-0.05, 0) is 55.7 Å². The van der Waals surface area contributed by atoms with Crippen LogP contribution in [0.3, 0.4) is 0 Å². The van der Waals surface area contributed by atoms with E-state index in [9.17, 15) is 14.3 Å². The summed E-state index contributed by atoms with van der Waals surface area (Å²) in [5.74, 6) is 0.305. The molecule has 2 atom stereocenters. The van der Waals surface area contributed by atoms with E-state index in [-0.39, 0.29) is 17.2 Å². The van der Waals surface area contributed by atoms with Gasteiger partial charge in [-0.25, -0.2) is 9.97 Å². The molecule has 0 radical (unpaired) electrons. The summed E-state index contributed by atoms with van der Waals surface area (Å²) >= 11 is 1.52. The second-order valence-electron chi connectivity index (χ2n) is 11.0. The largest absolute Gasteiger partial charge is 0.481 e. The van der Waals surface area contributed by atoms with E-state index in [0.29, 0.717) is 29.6 Å². The minimum absolute atomic E-state index is 0.0214. The fourth-order valence-electron chi connectivity index (χ4n) is 5.00. The molecular weight excluding hydrogens is 453 g/mol. The first-order chi connectivity index (χ1) is 16.0. The molecule has 1 saturated heterocycles. The molecule has 2 aromatic heterocycles. The van der Waals surface area contributed by atoms with Gasteiger partial charge in [0.05, 0.1) is 16.7 Å². The Labute approximate surface area is 204 Å². The zero-order valence-electron chi connectivity index (χ0n) is 20.4. The van der Waals surface area contributed by atoms with Gasteiger partial charge >= 0.3 is 5.97 Å². The lowest BCUT2D eigenvalue weighted by atomic mass is 9.65. The molecule has 2 fully saturated rings. The minimum atomic E-state index is -0.921. The van der Waals surface area contributed by atoms with Gasteiger partial charge < -0.3 is 9.84 Å². The Morgan fingerprint density at radius 3 is 2.76 bits per heavy atom. The molecule has 2 aromatic rings. The minimum Gasteiger partial charge on any atom is -0.481 e. The monoisotopic (exact) mass is 487 g/mol. The standard InChI is InChI=1S/C26H34FN3O3S/c1-16-21(34-23(29-16)20-7-6-10-28-22(20)33-17(2)27)14-30-13-19(25(3,4)5)12-26(15-30,24(31)32)11-18-8-9-18/h6-7,10,18-19H,2,8-9,11-15H2,1,3-5H3,(H,31,32)/t19?,26-/m1/s1. The number of pyridine rings is 1. The van der Waals surface area contributed by atoms with Crippen molar-refractivity contribution >= 4 is 17.3 Å². The first-order valence-electron chi connectivity index (χ1n) is 11.9. The maximum Gasteiger partial charge on any atom is 0.310 e. The number of carboxylic acid groups (broad SMARTS) is 1. The molecule has 184 valence electrons. The maximum atomic E-state index is 13.3. The molecule has 3 heterocycles. The summed E-state index contributed by atoms with van der Waals surface area (Å²) in [7, 11) is 0. The van der Waals surface area contributed by atoms with E-state index >= 15 is 0 Å². The number of hydrogen-bond acceptors (Lipinski definition) is 6. The molecule has 8 heteroatoms. The normalized spacial score (nSPS) is 23.6. The van der Waals surface area contributed by atoms with E-state index in [0.717, 1.165) is 42.8 Å². The van der Waals surface area contributed by atoms with Crippen molar-refractivity contribution in [3.8, 4) is 16.5 Å². The van der Waals surface area contributed by atoms with Gasteiger partial charge in [0.15, 0.2) is 0 Å². The second-order valence-corrected chi connectivity index (χ2v) is 12.1. The molecule has 4 rings (SSSR count). The number of aryl methyl sites for hydroxylation is 1. The molecule has 1 unspecified atom stereocenters. The third-order valence-corrected chi connectivity index (χ3v) is 8.34. The number of ether oxygens (including phenoxy) is 1. The van der Waals surface area contributed by atoms with Gasteiger partial charge in [0.1, 0.15) is 5.01 Å². The van der Waals surface area contributed by atoms with Crippen LogP contribution >= 0.6 is 11.3 Å². The van der Waals surface area contributed by atoms with Crippen molar-refractivity contribution in [2.24, 2.45) is 22.7 Å². The fourth-order valence-corrected chi connectivity index (χ4v) is 6.12. The molecule has 0 bridgehead atoms. The molecule has 1 N–H and O–H groups in total. The van der Waals surface area contributed by atoms with Gasteiger partial charge in [-0.2, -0.15) is 4.39 Å². The molecule has 1 aliphatic heterocycles. The fraction of sp³-hybridized carbons (Fsp3) is 0.577. The summed E-state index contributed by atoms with van der Waals surface area (Å²) in [5, 5.41) is 11.0. The molecule has 0 amide bonds. The van der Waals surface area contributed by atoms with Crippen molar-refractivity contribution in [1.82, 2.24) is 14.9 Å². The van der Waals surface area contributed by atoms with Crippen LogP contribution in [0.25, 0.3) is 10.6 Å². The van der Waals surface area contributed by atoms with E-state index in [2.05, 4.69) is 37.2 Å². The van der Waals surface area contributed by atoms with Crippen molar-refractivity contribution < 1.29 is 19.0 Å². The topological polar surface area (TPSA) is 75.6 Å². The maximum absolute atomic E-state index is 13.3. The number of thiazole rings is 1. The van der Waals surface area contributed by atoms with Gasteiger partial charge in [0.25, 0.3) is 6.01 Å². The van der Waals surface area contributed by atoms with E-state index in [4.69, 9.17) is 9.72 Å². The lowest BCUT2D eigenvalue weighted by Gasteiger charge is -2.48. The van der Waals surface area contributed by atoms with Crippen LogP contribution in [0.4, 0.5) is 4.39 Å². The smallest absolute Gasteiger partial charge is 0.310 e. The Balaban J connectivity index is 1.61. The van der Waals surface area contributed by atoms with Crippen molar-refractivity contribution in [2.45, 2.75) is 59.9 Å². The number of aliphatic carboxylic acids is 1. The average molecular weight is 488 g/mol. The van der Waals surface area contributed by atoms with Gasteiger partial charge in [-0.15, -0.1) is 11.3 Å². The van der Waals surface area contributed by atoms with E-state index in [1.165, 1.54) is 17.5 Å². The number of likely N-dealkylation sites (tertiary alicyclic amines) is 1. The zero-order chi connectivity index (χ0) is 24.7. The Bertz CT molecular complexity index is 1080. The van der Waals surface area contributed by atoms with Crippen LogP contribution in [0.5, 0.6) is 5.88 Å². The number of carboxylic acids is 1. The quantitative estimate of drug-likeness (QED) is 0.455. The van der Waals surface area contributed by atoms with Crippen LogP contribution in [0.2, 0.25) is 0 Å². The van der Waals surface area contributed by atoms with Crippen LogP contribution < -0.4 is 4.74 Å². The predicted molar refractivity (Wildman–Crippen MR) is 131 cm³/mol. The van der Waals surface area contributed by atoms with Crippen molar-refractivity contribution in [1.29, 1.82) is 0 Å². The lowest BCUT2D eigenvalue weighted by molar-refractivity contribution is -0.157. The number of aromatic nitrogens is 2. The number of carbonyl (C=O) groups is 1. The summed E-state index contributed by atoms with van der Waals surface area (Å²) in [6.45, 7) is 13.8. The highest BCUT2D eigenvalue weighted by atomic mass is 32.1. The summed E-state index contributed by atoms with van der Waals surface area (Å²) in [5.41, 5.74) is 0.813. The first-order valence-corrected chi connectivity index (χ1v) is 12.7. The average Bonchev–Trinajstić information content (AvgIpc) is 3.48. The number of hydrogen-bond donors (Lipinski definition) is 1. The third kappa shape index (κ3) is 5.49. The lowest BCUT2D eigenvalue weighted by Crippen LogP contribution is -2.53. The molecule has 34 heavy (non-hydrogen) atoms. The van der Waals surface area contributed by atoms with Gasteiger partial charge in [0, 0.05) is 30.7 Å². The molecular formula is C26H34FN3O3S. The van der Waals surface area contributed by atoms with E-state index in [1.54, 1.807) is 12.1 Å². The van der Waals surface area contributed by atoms with Crippen LogP contribution in [-0.4, -0.2) is 39.0 Å².